The maximum Gasteiger partial charge on any atom is 0.0632 e. The van der Waals surface area contributed by atoms with Crippen LogP contribution in [0.4, 0.5) is 5.69 Å². The van der Waals surface area contributed by atoms with Crippen LogP contribution < -0.4 is 10.2 Å². The van der Waals surface area contributed by atoms with Gasteiger partial charge in [-0.25, -0.2) is 0 Å². The molecule has 0 bridgehead atoms. The van der Waals surface area contributed by atoms with E-state index in [0.29, 0.717) is 0 Å². The number of likely N-dealkylation sites (N-methyl/N-ethyl adjacent to an activating group) is 1. The van der Waals surface area contributed by atoms with Gasteiger partial charge in [-0.2, -0.15) is 0 Å². The SMILES string of the molecule is CCCNCc1ccc(N(C)C(C)CO)cc1Cl. The van der Waals surface area contributed by atoms with Crippen LogP contribution in [0, 0.1) is 0 Å². The zero-order valence-corrected chi connectivity index (χ0v) is 12.2. The van der Waals surface area contributed by atoms with Gasteiger partial charge in [-0.15, -0.1) is 0 Å². The van der Waals surface area contributed by atoms with Gasteiger partial charge in [-0.3, -0.25) is 0 Å². The van der Waals surface area contributed by atoms with E-state index in [-0.39, 0.29) is 12.6 Å². The van der Waals surface area contributed by atoms with Gasteiger partial charge in [0, 0.05) is 30.3 Å². The van der Waals surface area contributed by atoms with Crippen LogP contribution in [0.15, 0.2) is 18.2 Å². The quantitative estimate of drug-likeness (QED) is 0.748. The first-order valence-corrected chi connectivity index (χ1v) is 6.80. The lowest BCUT2D eigenvalue weighted by molar-refractivity contribution is 0.270. The Labute approximate surface area is 115 Å². The van der Waals surface area contributed by atoms with E-state index in [2.05, 4.69) is 12.2 Å². The number of nitrogens with one attached hydrogen (secondary N) is 1. The van der Waals surface area contributed by atoms with Crippen molar-refractivity contribution in [2.45, 2.75) is 32.9 Å². The average molecular weight is 271 g/mol. The maximum atomic E-state index is 9.15. The first kappa shape index (κ1) is 15.3. The Kier molecular flexibility index (Phi) is 6.47. The third-order valence-corrected chi connectivity index (χ3v) is 3.46. The fourth-order valence-corrected chi connectivity index (χ4v) is 1.92. The van der Waals surface area contributed by atoms with Crippen LogP contribution in [0.1, 0.15) is 25.8 Å². The molecule has 18 heavy (non-hydrogen) atoms. The summed E-state index contributed by atoms with van der Waals surface area (Å²) in [5, 5.41) is 13.3. The molecule has 0 spiro atoms. The molecule has 0 radical (unpaired) electrons. The summed E-state index contributed by atoms with van der Waals surface area (Å²) in [6.07, 6.45) is 1.12. The van der Waals surface area contributed by atoms with E-state index >= 15 is 0 Å². The molecule has 0 aliphatic carbocycles. The summed E-state index contributed by atoms with van der Waals surface area (Å²) in [7, 11) is 1.96. The highest BCUT2D eigenvalue weighted by molar-refractivity contribution is 6.31. The van der Waals surface area contributed by atoms with Crippen molar-refractivity contribution >= 4 is 17.3 Å². The predicted molar refractivity (Wildman–Crippen MR) is 78.4 cm³/mol. The van der Waals surface area contributed by atoms with Gasteiger partial charge < -0.3 is 15.3 Å². The van der Waals surface area contributed by atoms with E-state index in [4.69, 9.17) is 16.7 Å². The molecule has 0 amide bonds. The van der Waals surface area contributed by atoms with Crippen LogP contribution in [-0.4, -0.2) is 31.3 Å². The van der Waals surface area contributed by atoms with Crippen molar-refractivity contribution in [3.63, 3.8) is 0 Å². The Morgan fingerprint density at radius 2 is 2.17 bits per heavy atom. The molecule has 0 aliphatic heterocycles. The highest BCUT2D eigenvalue weighted by Crippen LogP contribution is 2.24. The minimum atomic E-state index is 0.0881. The molecule has 1 aromatic carbocycles. The molecule has 4 heteroatoms. The van der Waals surface area contributed by atoms with Crippen LogP contribution >= 0.6 is 11.6 Å². The largest absolute Gasteiger partial charge is 0.394 e. The first-order chi connectivity index (χ1) is 8.60. The number of aliphatic hydroxyl groups is 1. The van der Waals surface area contributed by atoms with Gasteiger partial charge in [-0.1, -0.05) is 24.6 Å². The lowest BCUT2D eigenvalue weighted by Crippen LogP contribution is -2.31. The number of halogens is 1. The van der Waals surface area contributed by atoms with Gasteiger partial charge >= 0.3 is 0 Å². The van der Waals surface area contributed by atoms with Crippen LogP contribution in [-0.2, 0) is 6.54 Å². The second-order valence-corrected chi connectivity index (χ2v) is 5.00. The molecule has 0 heterocycles. The Morgan fingerprint density at radius 1 is 1.44 bits per heavy atom. The highest BCUT2D eigenvalue weighted by atomic mass is 35.5. The van der Waals surface area contributed by atoms with E-state index in [9.17, 15) is 0 Å². The molecule has 2 N–H and O–H groups in total. The Morgan fingerprint density at radius 3 is 2.72 bits per heavy atom. The second-order valence-electron chi connectivity index (χ2n) is 4.59. The highest BCUT2D eigenvalue weighted by Gasteiger charge is 2.10. The Bertz CT molecular complexity index is 371. The fraction of sp³-hybridized carbons (Fsp3) is 0.571. The summed E-state index contributed by atoms with van der Waals surface area (Å²) in [6, 6.07) is 6.13. The number of hydrogen-bond donors (Lipinski definition) is 2. The second kappa shape index (κ2) is 7.62. The molecular weight excluding hydrogens is 248 g/mol. The number of anilines is 1. The minimum Gasteiger partial charge on any atom is -0.394 e. The molecule has 0 saturated carbocycles. The van der Waals surface area contributed by atoms with Crippen LogP contribution in [0.5, 0.6) is 0 Å². The molecule has 102 valence electrons. The average Bonchev–Trinajstić information content (AvgIpc) is 2.39. The van der Waals surface area contributed by atoms with Crippen LogP contribution in [0.25, 0.3) is 0 Å². The van der Waals surface area contributed by atoms with Crippen molar-refractivity contribution in [2.75, 3.05) is 25.1 Å². The summed E-state index contributed by atoms with van der Waals surface area (Å²) in [5.41, 5.74) is 2.14. The van der Waals surface area contributed by atoms with Crippen molar-refractivity contribution in [2.24, 2.45) is 0 Å². The summed E-state index contributed by atoms with van der Waals surface area (Å²) >= 11 is 6.27. The molecule has 1 rings (SSSR count). The summed E-state index contributed by atoms with van der Waals surface area (Å²) in [4.78, 5) is 2.02. The number of rotatable bonds is 7. The molecule has 0 aromatic heterocycles. The Hall–Kier alpha value is -0.770. The summed E-state index contributed by atoms with van der Waals surface area (Å²) in [6.45, 7) is 6.05. The zero-order chi connectivity index (χ0) is 13.5. The molecule has 1 unspecified atom stereocenters. The summed E-state index contributed by atoms with van der Waals surface area (Å²) in [5.74, 6) is 0. The van der Waals surface area contributed by atoms with E-state index in [1.165, 1.54) is 0 Å². The van der Waals surface area contributed by atoms with E-state index in [1.807, 2.05) is 37.1 Å². The van der Waals surface area contributed by atoms with Gasteiger partial charge in [0.1, 0.15) is 0 Å². The van der Waals surface area contributed by atoms with Gasteiger partial charge in [0.15, 0.2) is 0 Å². The third-order valence-electron chi connectivity index (χ3n) is 3.11. The topological polar surface area (TPSA) is 35.5 Å². The number of aliphatic hydroxyl groups excluding tert-OH is 1. The molecule has 0 saturated heterocycles. The first-order valence-electron chi connectivity index (χ1n) is 6.43. The van der Waals surface area contributed by atoms with E-state index in [0.717, 1.165) is 35.8 Å². The summed E-state index contributed by atoms with van der Waals surface area (Å²) < 4.78 is 0. The van der Waals surface area contributed by atoms with Crippen LogP contribution in [0.3, 0.4) is 0 Å². The minimum absolute atomic E-state index is 0.0881. The number of hydrogen-bond acceptors (Lipinski definition) is 3. The zero-order valence-electron chi connectivity index (χ0n) is 11.4. The standard InChI is InChI=1S/C14H23ClN2O/c1-4-7-16-9-12-5-6-13(8-14(12)15)17(3)11(2)10-18/h5-6,8,11,16,18H,4,7,9-10H2,1-3H3. The monoisotopic (exact) mass is 270 g/mol. The Balaban J connectivity index is 2.72. The van der Waals surface area contributed by atoms with Crippen molar-refractivity contribution in [1.82, 2.24) is 5.32 Å². The fourth-order valence-electron chi connectivity index (χ4n) is 1.68. The van der Waals surface area contributed by atoms with Crippen LogP contribution in [0.2, 0.25) is 5.02 Å². The normalized spacial score (nSPS) is 12.5. The lowest BCUT2D eigenvalue weighted by atomic mass is 10.1. The van der Waals surface area contributed by atoms with Crippen molar-refractivity contribution in [1.29, 1.82) is 0 Å². The van der Waals surface area contributed by atoms with Gasteiger partial charge in [0.25, 0.3) is 0 Å². The lowest BCUT2D eigenvalue weighted by Gasteiger charge is -2.26. The maximum absolute atomic E-state index is 9.15. The molecular formula is C14H23ClN2O. The molecule has 0 fully saturated rings. The number of nitrogens with zero attached hydrogens (tertiary/aromatic N) is 1. The van der Waals surface area contributed by atoms with Gasteiger partial charge in [-0.05, 0) is 37.6 Å². The van der Waals surface area contributed by atoms with Crippen molar-refractivity contribution < 1.29 is 5.11 Å². The third kappa shape index (κ3) is 4.16. The molecule has 1 aromatic rings. The van der Waals surface area contributed by atoms with E-state index < -0.39 is 0 Å². The number of benzene rings is 1. The van der Waals surface area contributed by atoms with Crippen molar-refractivity contribution in [3.05, 3.63) is 28.8 Å². The predicted octanol–water partition coefficient (Wildman–Crippen LogP) is 2.66. The van der Waals surface area contributed by atoms with Crippen molar-refractivity contribution in [3.8, 4) is 0 Å². The smallest absolute Gasteiger partial charge is 0.0632 e. The van der Waals surface area contributed by atoms with Gasteiger partial charge in [0.2, 0.25) is 0 Å². The van der Waals surface area contributed by atoms with E-state index in [1.54, 1.807) is 0 Å². The van der Waals surface area contributed by atoms with Gasteiger partial charge in [0.05, 0.1) is 6.61 Å². The molecule has 1 atom stereocenters. The molecule has 0 aliphatic rings. The molecule has 3 nitrogen and oxygen atoms in total.